The van der Waals surface area contributed by atoms with Crippen LogP contribution in [0.5, 0.6) is 0 Å². The average molecular weight is 397 g/mol. The zero-order valence-electron chi connectivity index (χ0n) is 15.2. The van der Waals surface area contributed by atoms with Crippen LogP contribution in [0, 0.1) is 5.92 Å². The third-order valence-electron chi connectivity index (χ3n) is 4.75. The van der Waals surface area contributed by atoms with Gasteiger partial charge in [-0.05, 0) is 36.2 Å². The Morgan fingerprint density at radius 1 is 1.11 bits per heavy atom. The number of aromatic nitrogens is 4. The van der Waals surface area contributed by atoms with E-state index in [1.165, 1.54) is 4.68 Å². The second kappa shape index (κ2) is 6.76. The van der Waals surface area contributed by atoms with E-state index >= 15 is 0 Å². The smallest absolute Gasteiger partial charge is 0.287 e. The molecule has 0 spiro atoms. The molecule has 0 saturated heterocycles. The van der Waals surface area contributed by atoms with Crippen LogP contribution in [-0.2, 0) is 0 Å². The van der Waals surface area contributed by atoms with Gasteiger partial charge in [0, 0.05) is 16.6 Å². The molecule has 0 bridgehead atoms. The Kier molecular flexibility index (Phi) is 4.39. The molecule has 2 N–H and O–H groups in total. The van der Waals surface area contributed by atoms with Crippen molar-refractivity contribution in [2.75, 3.05) is 0 Å². The summed E-state index contributed by atoms with van der Waals surface area (Å²) in [6.45, 7) is 3.84. The zero-order valence-corrected chi connectivity index (χ0v) is 15.9. The van der Waals surface area contributed by atoms with Gasteiger partial charge in [0.2, 0.25) is 5.43 Å². The topological polar surface area (TPSA) is 101 Å². The molecule has 8 heteroatoms. The van der Waals surface area contributed by atoms with Crippen molar-refractivity contribution in [2.45, 2.75) is 19.9 Å². The number of hydrogen-bond donors (Lipinski definition) is 2. The van der Waals surface area contributed by atoms with Crippen molar-refractivity contribution >= 4 is 33.4 Å². The number of rotatable bonds is 3. The van der Waals surface area contributed by atoms with Crippen molar-refractivity contribution in [2.24, 2.45) is 5.92 Å². The fraction of sp³-hybridized carbons (Fsp3) is 0.200. The predicted molar refractivity (Wildman–Crippen MR) is 109 cm³/mol. The van der Waals surface area contributed by atoms with Crippen molar-refractivity contribution in [3.63, 3.8) is 0 Å². The minimum Gasteiger partial charge on any atom is -0.350 e. The van der Waals surface area contributed by atoms with E-state index in [-0.39, 0.29) is 16.8 Å². The van der Waals surface area contributed by atoms with E-state index in [4.69, 9.17) is 11.6 Å². The summed E-state index contributed by atoms with van der Waals surface area (Å²) in [6.07, 6.45) is 1.62. The van der Waals surface area contributed by atoms with E-state index in [0.29, 0.717) is 21.6 Å². The largest absolute Gasteiger partial charge is 0.350 e. The van der Waals surface area contributed by atoms with Crippen LogP contribution < -0.4 is 16.5 Å². The van der Waals surface area contributed by atoms with Crippen LogP contribution >= 0.6 is 11.6 Å². The molecule has 1 atom stereocenters. The molecule has 0 saturated carbocycles. The van der Waals surface area contributed by atoms with Crippen LogP contribution in [0.2, 0.25) is 5.02 Å². The summed E-state index contributed by atoms with van der Waals surface area (Å²) >= 11 is 5.98. The number of hydrogen-bond acceptors (Lipinski definition) is 4. The highest BCUT2D eigenvalue weighted by atomic mass is 35.5. The fourth-order valence-electron chi connectivity index (χ4n) is 3.49. The first-order valence-corrected chi connectivity index (χ1v) is 9.17. The van der Waals surface area contributed by atoms with E-state index in [9.17, 15) is 14.4 Å². The van der Waals surface area contributed by atoms with E-state index in [1.54, 1.807) is 36.5 Å². The van der Waals surface area contributed by atoms with Crippen LogP contribution in [0.3, 0.4) is 0 Å². The summed E-state index contributed by atoms with van der Waals surface area (Å²) in [4.78, 5) is 46.2. The molecule has 142 valence electrons. The van der Waals surface area contributed by atoms with Crippen molar-refractivity contribution in [3.8, 4) is 0 Å². The maximum absolute atomic E-state index is 13.3. The van der Waals surface area contributed by atoms with Gasteiger partial charge in [-0.25, -0.2) is 4.68 Å². The Morgan fingerprint density at radius 2 is 1.89 bits per heavy atom. The van der Waals surface area contributed by atoms with Gasteiger partial charge in [-0.3, -0.25) is 24.5 Å². The molecule has 0 fully saturated rings. The van der Waals surface area contributed by atoms with E-state index < -0.39 is 22.6 Å². The lowest BCUT2D eigenvalue weighted by atomic mass is 10.0. The maximum atomic E-state index is 13.3. The van der Waals surface area contributed by atoms with Crippen molar-refractivity contribution < 1.29 is 0 Å². The molecule has 4 aromatic rings. The number of nitrogens with one attached hydrogen (secondary N) is 2. The summed E-state index contributed by atoms with van der Waals surface area (Å²) in [5, 5.41) is 3.15. The lowest BCUT2D eigenvalue weighted by Gasteiger charge is -2.22. The lowest BCUT2D eigenvalue weighted by Crippen LogP contribution is -2.38. The molecule has 0 aliphatic heterocycles. The van der Waals surface area contributed by atoms with Gasteiger partial charge in [0.25, 0.3) is 11.1 Å². The second-order valence-electron chi connectivity index (χ2n) is 6.95. The second-order valence-corrected chi connectivity index (χ2v) is 7.39. The first-order valence-electron chi connectivity index (χ1n) is 8.79. The van der Waals surface area contributed by atoms with Crippen molar-refractivity contribution in [3.05, 3.63) is 84.2 Å². The predicted octanol–water partition coefficient (Wildman–Crippen LogP) is 2.83. The number of fused-ring (bicyclic) bond motifs is 2. The van der Waals surface area contributed by atoms with E-state index in [0.717, 1.165) is 0 Å². The maximum Gasteiger partial charge on any atom is 0.287 e. The normalized spacial score (nSPS) is 12.7. The van der Waals surface area contributed by atoms with Gasteiger partial charge in [-0.15, -0.1) is 0 Å². The number of nitrogens with zero attached hydrogens (tertiary/aromatic N) is 2. The summed E-state index contributed by atoms with van der Waals surface area (Å²) in [5.74, 6) is -0.0564. The molecule has 0 aliphatic rings. The van der Waals surface area contributed by atoms with Gasteiger partial charge in [0.1, 0.15) is 10.9 Å². The van der Waals surface area contributed by atoms with Crippen LogP contribution in [0.4, 0.5) is 0 Å². The highest BCUT2D eigenvalue weighted by molar-refractivity contribution is 6.31. The molecule has 0 aliphatic carbocycles. The molecule has 1 aromatic carbocycles. The minimum atomic E-state index is -0.572. The molecule has 1 unspecified atom stereocenters. The van der Waals surface area contributed by atoms with Gasteiger partial charge in [0.05, 0.1) is 17.3 Å². The summed E-state index contributed by atoms with van der Waals surface area (Å²) in [5.41, 5.74) is -0.679. The molecule has 28 heavy (non-hydrogen) atoms. The zero-order chi connectivity index (χ0) is 20.0. The number of pyridine rings is 2. The van der Waals surface area contributed by atoms with Gasteiger partial charge in [-0.2, -0.15) is 0 Å². The molecule has 7 nitrogen and oxygen atoms in total. The van der Waals surface area contributed by atoms with E-state index in [2.05, 4.69) is 15.1 Å². The molecule has 3 heterocycles. The monoisotopic (exact) mass is 396 g/mol. The molecule has 4 rings (SSSR count). The fourth-order valence-corrected chi connectivity index (χ4v) is 3.66. The van der Waals surface area contributed by atoms with Gasteiger partial charge < -0.3 is 4.98 Å². The number of H-pyrrole nitrogens is 2. The number of halogens is 1. The summed E-state index contributed by atoms with van der Waals surface area (Å²) in [7, 11) is 0. The van der Waals surface area contributed by atoms with Crippen LogP contribution in [0.1, 0.15) is 25.6 Å². The van der Waals surface area contributed by atoms with Crippen molar-refractivity contribution in [1.29, 1.82) is 0 Å². The lowest BCUT2D eigenvalue weighted by molar-refractivity contribution is 0.378. The highest BCUT2D eigenvalue weighted by Gasteiger charge is 2.24. The van der Waals surface area contributed by atoms with Crippen LogP contribution in [0.25, 0.3) is 21.8 Å². The molecular formula is C20H17ClN4O3. The quantitative estimate of drug-likeness (QED) is 0.520. The summed E-state index contributed by atoms with van der Waals surface area (Å²) < 4.78 is 1.20. The van der Waals surface area contributed by atoms with Gasteiger partial charge >= 0.3 is 0 Å². The first-order chi connectivity index (χ1) is 13.4. The van der Waals surface area contributed by atoms with Gasteiger partial charge in [0.15, 0.2) is 0 Å². The van der Waals surface area contributed by atoms with Crippen molar-refractivity contribution in [1.82, 2.24) is 19.7 Å². The third-order valence-corrected chi connectivity index (χ3v) is 4.98. The Hall–Kier alpha value is -3.19. The Balaban J connectivity index is 2.11. The minimum absolute atomic E-state index is 0.0564. The van der Waals surface area contributed by atoms with E-state index in [1.807, 2.05) is 19.9 Å². The molecular weight excluding hydrogens is 380 g/mol. The standard InChI is InChI=1S/C20H17ClN4O3/c1-10(2)17(13-5-3-4-8-22-13)25-20(28)15-16(19(27)24-25)23-14-9-11(21)6-7-12(14)18(15)26/h3-10,17H,1-2H3,(H,23,26)(H,24,27). The van der Waals surface area contributed by atoms with Gasteiger partial charge in [-0.1, -0.05) is 31.5 Å². The highest BCUT2D eigenvalue weighted by Crippen LogP contribution is 2.23. The molecule has 0 radical (unpaired) electrons. The molecule has 3 aromatic heterocycles. The summed E-state index contributed by atoms with van der Waals surface area (Å²) in [6, 6.07) is 9.51. The third kappa shape index (κ3) is 2.84. The average Bonchev–Trinajstić information content (AvgIpc) is 2.66. The number of aromatic amines is 2. The Bertz CT molecular complexity index is 1370. The SMILES string of the molecule is CC(C)C(c1ccccn1)n1[nH]c(=O)c2[nH]c3cc(Cl)ccc3c(=O)c2c1=O. The first kappa shape index (κ1) is 18.2. The van der Waals surface area contributed by atoms with Crippen LogP contribution in [0.15, 0.2) is 57.0 Å². The van der Waals surface area contributed by atoms with Crippen LogP contribution in [-0.4, -0.2) is 19.7 Å². The Labute approximate surface area is 163 Å². The Morgan fingerprint density at radius 3 is 2.57 bits per heavy atom. The molecule has 0 amide bonds. The number of benzene rings is 1.